The number of hydrogen-bond acceptors (Lipinski definition) is 5. The Morgan fingerprint density at radius 2 is 1.91 bits per heavy atom. The molecule has 0 unspecified atom stereocenters. The third kappa shape index (κ3) is 2.75. The summed E-state index contributed by atoms with van der Waals surface area (Å²) in [5, 5.41) is 10.9. The van der Waals surface area contributed by atoms with Crippen molar-refractivity contribution in [3.8, 4) is 11.4 Å². The summed E-state index contributed by atoms with van der Waals surface area (Å²) < 4.78 is 10.2. The van der Waals surface area contributed by atoms with E-state index in [2.05, 4.69) is 82.5 Å². The van der Waals surface area contributed by atoms with Crippen molar-refractivity contribution in [2.24, 2.45) is 4.99 Å². The lowest BCUT2D eigenvalue weighted by molar-refractivity contribution is 0.319. The zero-order valence-corrected chi connectivity index (χ0v) is 18.0. The van der Waals surface area contributed by atoms with Gasteiger partial charge in [-0.2, -0.15) is 0 Å². The quantitative estimate of drug-likeness (QED) is 0.408. The molecule has 0 amide bonds. The van der Waals surface area contributed by atoms with Gasteiger partial charge in [0, 0.05) is 6.42 Å². The van der Waals surface area contributed by atoms with Gasteiger partial charge in [0.2, 0.25) is 5.90 Å². The molecule has 0 bridgehead atoms. The van der Waals surface area contributed by atoms with Crippen LogP contribution in [0.3, 0.4) is 0 Å². The van der Waals surface area contributed by atoms with E-state index in [1.807, 2.05) is 17.2 Å². The Hall–Kier alpha value is -4.26. The molecule has 0 fully saturated rings. The molecular weight excluding hydrogens is 412 g/mol. The van der Waals surface area contributed by atoms with Gasteiger partial charge < -0.3 is 4.74 Å². The topological polar surface area (TPSA) is 70.1 Å². The van der Waals surface area contributed by atoms with Crippen LogP contribution in [0, 0.1) is 6.92 Å². The number of nitrogens with zero attached hydrogens (tertiary/aromatic N) is 6. The molecule has 0 radical (unpaired) electrons. The molecule has 2 aliphatic heterocycles. The molecule has 0 saturated heterocycles. The molecule has 160 valence electrons. The highest BCUT2D eigenvalue weighted by atomic mass is 16.5. The molecule has 3 aromatic carbocycles. The van der Waals surface area contributed by atoms with Crippen molar-refractivity contribution in [3.63, 3.8) is 0 Å². The van der Waals surface area contributed by atoms with Gasteiger partial charge in [0.1, 0.15) is 24.7 Å². The summed E-state index contributed by atoms with van der Waals surface area (Å²) >= 11 is 0. The van der Waals surface area contributed by atoms with E-state index in [0.29, 0.717) is 18.9 Å². The molecule has 33 heavy (non-hydrogen) atoms. The number of fused-ring (bicyclic) bond motifs is 6. The Morgan fingerprint density at radius 1 is 1.00 bits per heavy atom. The molecule has 7 rings (SSSR count). The van der Waals surface area contributed by atoms with Gasteiger partial charge in [0.25, 0.3) is 0 Å². The fraction of sp³-hybridized carbons (Fsp3) is 0.154. The van der Waals surface area contributed by atoms with Crippen LogP contribution in [-0.2, 0) is 11.2 Å². The van der Waals surface area contributed by atoms with Crippen molar-refractivity contribution in [1.82, 2.24) is 24.5 Å². The zero-order valence-electron chi connectivity index (χ0n) is 18.0. The number of aliphatic imine (C=N–C) groups is 1. The molecule has 5 aromatic rings. The van der Waals surface area contributed by atoms with E-state index in [0.717, 1.165) is 28.5 Å². The van der Waals surface area contributed by atoms with Gasteiger partial charge in [0.05, 0.1) is 29.0 Å². The monoisotopic (exact) mass is 432 g/mol. The predicted molar refractivity (Wildman–Crippen MR) is 125 cm³/mol. The summed E-state index contributed by atoms with van der Waals surface area (Å²) in [7, 11) is 0. The largest absolute Gasteiger partial charge is 0.474 e. The molecule has 0 spiro atoms. The van der Waals surface area contributed by atoms with Gasteiger partial charge in [-0.25, -0.2) is 14.7 Å². The van der Waals surface area contributed by atoms with Crippen LogP contribution in [0.2, 0.25) is 0 Å². The van der Waals surface area contributed by atoms with Crippen LogP contribution in [0.15, 0.2) is 78.2 Å². The Bertz CT molecular complexity index is 1570. The molecular formula is C26H20N6O. The minimum absolute atomic E-state index is 0.0589. The first-order chi connectivity index (χ1) is 16.3. The number of aryl methyl sites for hydroxylation is 1. The van der Waals surface area contributed by atoms with E-state index in [9.17, 15) is 0 Å². The third-order valence-corrected chi connectivity index (χ3v) is 6.49. The normalized spacial score (nSPS) is 16.5. The Labute approximate surface area is 190 Å². The van der Waals surface area contributed by atoms with E-state index >= 15 is 0 Å². The maximum Gasteiger partial charge on any atom is 0.238 e. The summed E-state index contributed by atoms with van der Waals surface area (Å²) in [6.45, 7) is 2.58. The fourth-order valence-corrected chi connectivity index (χ4v) is 4.89. The second-order valence-corrected chi connectivity index (χ2v) is 8.55. The van der Waals surface area contributed by atoms with Crippen LogP contribution in [0.25, 0.3) is 22.1 Å². The van der Waals surface area contributed by atoms with Gasteiger partial charge in [-0.1, -0.05) is 53.7 Å². The summed E-state index contributed by atoms with van der Waals surface area (Å²) in [6, 6.07) is 21.0. The van der Waals surface area contributed by atoms with Crippen molar-refractivity contribution in [1.29, 1.82) is 0 Å². The predicted octanol–water partition coefficient (Wildman–Crippen LogP) is 4.34. The van der Waals surface area contributed by atoms with Crippen LogP contribution in [0.1, 0.15) is 34.3 Å². The van der Waals surface area contributed by atoms with Gasteiger partial charge in [-0.15, -0.1) is 5.10 Å². The highest BCUT2D eigenvalue weighted by Gasteiger charge is 2.30. The number of ether oxygens (including phenoxy) is 1. The van der Waals surface area contributed by atoms with Crippen LogP contribution in [-0.4, -0.2) is 37.0 Å². The van der Waals surface area contributed by atoms with E-state index in [1.54, 1.807) is 0 Å². The number of aromatic nitrogens is 5. The van der Waals surface area contributed by atoms with E-state index in [-0.39, 0.29) is 6.04 Å². The fourth-order valence-electron chi connectivity index (χ4n) is 4.89. The van der Waals surface area contributed by atoms with E-state index < -0.39 is 0 Å². The lowest BCUT2D eigenvalue weighted by Gasteiger charge is -2.10. The number of benzene rings is 3. The van der Waals surface area contributed by atoms with Crippen molar-refractivity contribution in [2.45, 2.75) is 19.4 Å². The van der Waals surface area contributed by atoms with Crippen molar-refractivity contribution < 1.29 is 4.74 Å². The standard InChI is InChI=1S/C26H20N6O/c1-16-9-10-22-23(11-16)32-18(13-28-30-32)12-24-25(27-15-31(22)24)26-29-21(14-33-26)20-8-4-6-17-5-2-3-7-19(17)20/h2-11,13,15,21H,12,14H2,1H3/t21-/m1/s1. The second-order valence-electron chi connectivity index (χ2n) is 8.55. The third-order valence-electron chi connectivity index (χ3n) is 6.49. The molecule has 4 heterocycles. The zero-order chi connectivity index (χ0) is 21.9. The summed E-state index contributed by atoms with van der Waals surface area (Å²) in [6.07, 6.45) is 4.31. The average molecular weight is 432 g/mol. The Kier molecular flexibility index (Phi) is 3.81. The molecule has 0 aliphatic carbocycles. The number of imidazole rings is 1. The first-order valence-electron chi connectivity index (χ1n) is 11.0. The molecule has 1 atom stereocenters. The van der Waals surface area contributed by atoms with Crippen molar-refractivity contribution in [3.05, 3.63) is 101 Å². The minimum atomic E-state index is -0.0589. The van der Waals surface area contributed by atoms with Gasteiger partial charge in [0.15, 0.2) is 0 Å². The van der Waals surface area contributed by atoms with Crippen LogP contribution < -0.4 is 0 Å². The minimum Gasteiger partial charge on any atom is -0.474 e. The average Bonchev–Trinajstić information content (AvgIpc) is 3.58. The maximum atomic E-state index is 6.13. The van der Waals surface area contributed by atoms with Gasteiger partial charge >= 0.3 is 0 Å². The SMILES string of the molecule is Cc1ccc2c(c1)-n1nncc1Cc1c(C3=N[C@@H](c4cccc5ccccc45)CO3)ncn1-2. The molecule has 0 N–H and O–H groups in total. The van der Waals surface area contributed by atoms with Gasteiger partial charge in [-0.05, 0) is 41.0 Å². The van der Waals surface area contributed by atoms with Crippen LogP contribution in [0.5, 0.6) is 0 Å². The lowest BCUT2D eigenvalue weighted by Crippen LogP contribution is -2.08. The Morgan fingerprint density at radius 3 is 2.88 bits per heavy atom. The summed E-state index contributed by atoms with van der Waals surface area (Å²) in [5.41, 5.74) is 7.16. The van der Waals surface area contributed by atoms with Crippen molar-refractivity contribution >= 4 is 16.7 Å². The summed E-state index contributed by atoms with van der Waals surface area (Å²) in [4.78, 5) is 9.73. The second kappa shape index (κ2) is 6.87. The maximum absolute atomic E-state index is 6.13. The summed E-state index contributed by atoms with van der Waals surface area (Å²) in [5.74, 6) is 0.594. The number of rotatable bonds is 2. The van der Waals surface area contributed by atoms with Crippen LogP contribution in [0.4, 0.5) is 0 Å². The molecule has 7 heteroatoms. The Balaban J connectivity index is 1.35. The van der Waals surface area contributed by atoms with E-state index in [1.165, 1.54) is 21.9 Å². The smallest absolute Gasteiger partial charge is 0.238 e. The first kappa shape index (κ1) is 18.3. The van der Waals surface area contributed by atoms with E-state index in [4.69, 9.17) is 14.7 Å². The molecule has 2 aliphatic rings. The first-order valence-corrected chi connectivity index (χ1v) is 11.0. The van der Waals surface area contributed by atoms with Crippen molar-refractivity contribution in [2.75, 3.05) is 6.61 Å². The molecule has 0 saturated carbocycles. The number of hydrogen-bond donors (Lipinski definition) is 0. The van der Waals surface area contributed by atoms with Gasteiger partial charge in [-0.3, -0.25) is 4.57 Å². The molecule has 7 nitrogen and oxygen atoms in total. The highest BCUT2D eigenvalue weighted by molar-refractivity contribution is 5.95. The van der Waals surface area contributed by atoms with Crippen LogP contribution >= 0.6 is 0 Å². The lowest BCUT2D eigenvalue weighted by atomic mass is 10.00. The molecule has 2 aromatic heterocycles. The highest BCUT2D eigenvalue weighted by Crippen LogP contribution is 2.33.